The van der Waals surface area contributed by atoms with Gasteiger partial charge in [-0.2, -0.15) is 10.1 Å². The molecular formula is C22H17ClN2O2S. The van der Waals surface area contributed by atoms with Crippen LogP contribution in [-0.2, 0) is 9.59 Å². The molecule has 3 aliphatic rings. The highest BCUT2D eigenvalue weighted by Gasteiger charge is 2.59. The van der Waals surface area contributed by atoms with Gasteiger partial charge in [0.15, 0.2) is 0 Å². The summed E-state index contributed by atoms with van der Waals surface area (Å²) in [7, 11) is 0. The van der Waals surface area contributed by atoms with Crippen molar-refractivity contribution in [2.75, 3.05) is 0 Å². The lowest BCUT2D eigenvalue weighted by Crippen LogP contribution is -2.28. The minimum absolute atomic E-state index is 0.155. The van der Waals surface area contributed by atoms with Crippen LogP contribution < -0.4 is 0 Å². The second-order valence-electron chi connectivity index (χ2n) is 7.36. The molecule has 5 rings (SSSR count). The zero-order chi connectivity index (χ0) is 19.3. The Hall–Kier alpha value is -2.37. The fraction of sp³-hybridized carbons (Fsp3) is 0.227. The number of fused-ring (bicyclic) bond motifs is 5. The lowest BCUT2D eigenvalue weighted by molar-refractivity contribution is -0.140. The molecule has 2 bridgehead atoms. The molecule has 6 heteroatoms. The molecule has 28 heavy (non-hydrogen) atoms. The van der Waals surface area contributed by atoms with Gasteiger partial charge in [-0.05, 0) is 60.2 Å². The van der Waals surface area contributed by atoms with E-state index in [2.05, 4.69) is 17.3 Å². The van der Waals surface area contributed by atoms with E-state index in [0.29, 0.717) is 0 Å². The molecule has 140 valence electrons. The zero-order valence-electron chi connectivity index (χ0n) is 14.9. The van der Waals surface area contributed by atoms with Gasteiger partial charge < -0.3 is 0 Å². The second kappa shape index (κ2) is 6.90. The van der Waals surface area contributed by atoms with E-state index in [1.807, 2.05) is 48.5 Å². The molecule has 2 aromatic rings. The van der Waals surface area contributed by atoms with Crippen LogP contribution in [0.5, 0.6) is 0 Å². The number of hydrogen-bond donors (Lipinski definition) is 0. The number of halogens is 1. The minimum atomic E-state index is -0.210. The van der Waals surface area contributed by atoms with E-state index < -0.39 is 0 Å². The number of imide groups is 1. The van der Waals surface area contributed by atoms with Crippen LogP contribution in [-0.4, -0.2) is 23.0 Å². The molecule has 1 heterocycles. The van der Waals surface area contributed by atoms with Crippen LogP contribution in [0, 0.1) is 23.7 Å². The normalized spacial score (nSPS) is 28.0. The van der Waals surface area contributed by atoms with Gasteiger partial charge in [-0.15, -0.1) is 0 Å². The predicted octanol–water partition coefficient (Wildman–Crippen LogP) is 4.63. The van der Waals surface area contributed by atoms with Crippen molar-refractivity contribution >= 4 is 41.4 Å². The smallest absolute Gasteiger partial charge is 0.254 e. The highest BCUT2D eigenvalue weighted by molar-refractivity contribution is 7.99. The number of amides is 2. The van der Waals surface area contributed by atoms with Gasteiger partial charge in [0.2, 0.25) is 0 Å². The van der Waals surface area contributed by atoms with Crippen LogP contribution in [0.15, 0.2) is 75.6 Å². The molecule has 2 fully saturated rings. The summed E-state index contributed by atoms with van der Waals surface area (Å²) in [6, 6.07) is 15.5. The summed E-state index contributed by atoms with van der Waals surface area (Å²) in [6.07, 6.45) is 6.68. The number of allylic oxidation sites excluding steroid dienone is 2. The summed E-state index contributed by atoms with van der Waals surface area (Å²) in [5, 5.41) is 6.02. The second-order valence-corrected chi connectivity index (χ2v) is 8.94. The molecule has 0 spiro atoms. The van der Waals surface area contributed by atoms with Crippen molar-refractivity contribution < 1.29 is 9.59 Å². The molecule has 1 saturated heterocycles. The van der Waals surface area contributed by atoms with E-state index >= 15 is 0 Å². The zero-order valence-corrected chi connectivity index (χ0v) is 16.4. The predicted molar refractivity (Wildman–Crippen MR) is 109 cm³/mol. The summed E-state index contributed by atoms with van der Waals surface area (Å²) in [5.74, 6) is -0.321. The molecule has 4 atom stereocenters. The fourth-order valence-corrected chi connectivity index (χ4v) is 5.33. The highest BCUT2D eigenvalue weighted by atomic mass is 35.5. The van der Waals surface area contributed by atoms with E-state index in [0.717, 1.165) is 31.8 Å². The van der Waals surface area contributed by atoms with Crippen LogP contribution in [0.1, 0.15) is 12.0 Å². The Balaban J connectivity index is 1.27. The molecule has 2 amide bonds. The van der Waals surface area contributed by atoms with Crippen molar-refractivity contribution in [2.24, 2.45) is 28.8 Å². The topological polar surface area (TPSA) is 49.7 Å². The van der Waals surface area contributed by atoms with Crippen LogP contribution >= 0.6 is 23.4 Å². The molecule has 1 saturated carbocycles. The summed E-state index contributed by atoms with van der Waals surface area (Å²) < 4.78 is 0. The summed E-state index contributed by atoms with van der Waals surface area (Å²) in [6.45, 7) is 0. The van der Waals surface area contributed by atoms with Crippen molar-refractivity contribution in [1.29, 1.82) is 0 Å². The lowest BCUT2D eigenvalue weighted by atomic mass is 9.85. The minimum Gasteiger partial charge on any atom is -0.272 e. The van der Waals surface area contributed by atoms with Crippen molar-refractivity contribution in [2.45, 2.75) is 16.2 Å². The lowest BCUT2D eigenvalue weighted by Gasteiger charge is -2.13. The van der Waals surface area contributed by atoms with Gasteiger partial charge in [-0.3, -0.25) is 9.59 Å². The number of carbonyl (C=O) groups is 2. The van der Waals surface area contributed by atoms with Gasteiger partial charge in [-0.25, -0.2) is 0 Å². The maximum Gasteiger partial charge on any atom is 0.254 e. The van der Waals surface area contributed by atoms with E-state index in [4.69, 9.17) is 11.6 Å². The first-order chi connectivity index (χ1) is 13.6. The van der Waals surface area contributed by atoms with Crippen LogP contribution in [0.3, 0.4) is 0 Å². The van der Waals surface area contributed by atoms with Gasteiger partial charge in [0.1, 0.15) is 0 Å². The molecule has 2 aromatic carbocycles. The van der Waals surface area contributed by atoms with Gasteiger partial charge >= 0.3 is 0 Å². The standard InChI is InChI=1S/C22H17ClN2O2S/c23-16-5-9-18(10-6-16)28-17-7-1-13(2-8-17)12-24-25-21(26)19-14-3-4-15(11-14)20(19)22(25)27/h1-10,12,14-15,19-20H,11H2/t14-,15-,19-,20+/m0/s1. The number of rotatable bonds is 4. The molecule has 2 aliphatic carbocycles. The number of benzene rings is 2. The third kappa shape index (κ3) is 2.99. The molecule has 0 unspecified atom stereocenters. The molecule has 1 aliphatic heterocycles. The summed E-state index contributed by atoms with van der Waals surface area (Å²) >= 11 is 7.55. The first-order valence-electron chi connectivity index (χ1n) is 9.24. The van der Waals surface area contributed by atoms with Crippen LogP contribution in [0.4, 0.5) is 0 Å². The van der Waals surface area contributed by atoms with Crippen molar-refractivity contribution in [1.82, 2.24) is 5.01 Å². The summed E-state index contributed by atoms with van der Waals surface area (Å²) in [5.41, 5.74) is 0.846. The largest absolute Gasteiger partial charge is 0.272 e. The number of hydrazone groups is 1. The number of nitrogens with zero attached hydrogens (tertiary/aromatic N) is 2. The van der Waals surface area contributed by atoms with Crippen LogP contribution in [0.2, 0.25) is 5.02 Å². The van der Waals surface area contributed by atoms with Crippen molar-refractivity contribution in [3.63, 3.8) is 0 Å². The quantitative estimate of drug-likeness (QED) is 0.421. The molecule has 0 aromatic heterocycles. The molecule has 4 nitrogen and oxygen atoms in total. The van der Waals surface area contributed by atoms with Crippen molar-refractivity contribution in [3.8, 4) is 0 Å². The van der Waals surface area contributed by atoms with Crippen LogP contribution in [0.25, 0.3) is 0 Å². The maximum atomic E-state index is 12.6. The Morgan fingerprint density at radius 2 is 1.43 bits per heavy atom. The van der Waals surface area contributed by atoms with Gasteiger partial charge in [0, 0.05) is 14.8 Å². The SMILES string of the molecule is O=C1[C@@H]2[C@H](C(=O)N1N=Cc1ccc(Sc3ccc(Cl)cc3)cc1)[C@H]1C=C[C@H]2C1. The maximum absolute atomic E-state index is 12.6. The first kappa shape index (κ1) is 17.7. The molecule has 0 radical (unpaired) electrons. The number of carbonyl (C=O) groups excluding carboxylic acids is 2. The van der Waals surface area contributed by atoms with Gasteiger partial charge in [0.05, 0.1) is 18.1 Å². The first-order valence-corrected chi connectivity index (χ1v) is 10.4. The van der Waals surface area contributed by atoms with E-state index in [9.17, 15) is 9.59 Å². The Kier molecular flexibility index (Phi) is 4.37. The third-order valence-corrected chi connectivity index (χ3v) is 6.97. The Morgan fingerprint density at radius 3 is 2.00 bits per heavy atom. The van der Waals surface area contributed by atoms with Gasteiger partial charge in [-0.1, -0.05) is 47.6 Å². The highest BCUT2D eigenvalue weighted by Crippen LogP contribution is 2.52. The summed E-state index contributed by atoms with van der Waals surface area (Å²) in [4.78, 5) is 27.5. The fourth-order valence-electron chi connectivity index (χ4n) is 4.39. The monoisotopic (exact) mass is 408 g/mol. The average molecular weight is 409 g/mol. The molecule has 0 N–H and O–H groups in total. The third-order valence-electron chi connectivity index (χ3n) is 5.70. The Morgan fingerprint density at radius 1 is 0.893 bits per heavy atom. The number of hydrogen-bond acceptors (Lipinski definition) is 4. The molecular weight excluding hydrogens is 392 g/mol. The Bertz CT molecular complexity index is 970. The van der Waals surface area contributed by atoms with E-state index in [1.165, 1.54) is 0 Å². The van der Waals surface area contributed by atoms with E-state index in [-0.39, 0.29) is 35.5 Å². The van der Waals surface area contributed by atoms with E-state index in [1.54, 1.807) is 18.0 Å². The van der Waals surface area contributed by atoms with Gasteiger partial charge in [0.25, 0.3) is 11.8 Å². The van der Waals surface area contributed by atoms with Crippen molar-refractivity contribution in [3.05, 3.63) is 71.3 Å². The average Bonchev–Trinajstić information content (AvgIpc) is 3.38. The Labute approximate surface area is 172 Å².